The van der Waals surface area contributed by atoms with Crippen molar-refractivity contribution in [3.05, 3.63) is 117 Å². The predicted octanol–water partition coefficient (Wildman–Crippen LogP) is 1.43. The van der Waals surface area contributed by atoms with Crippen LogP contribution in [0, 0.1) is 0 Å². The molecule has 8 bridgehead atoms. The first-order chi connectivity index (χ1) is 26.2. The van der Waals surface area contributed by atoms with Crippen molar-refractivity contribution in [1.82, 2.24) is 0 Å². The van der Waals surface area contributed by atoms with Gasteiger partial charge in [-0.25, -0.2) is 39.9 Å². The van der Waals surface area contributed by atoms with Gasteiger partial charge in [0.05, 0.1) is 19.6 Å². The summed E-state index contributed by atoms with van der Waals surface area (Å²) in [7, 11) is -19.0. The summed E-state index contributed by atoms with van der Waals surface area (Å²) >= 11 is 0. The third-order valence-corrected chi connectivity index (χ3v) is 12.2. The van der Waals surface area contributed by atoms with Crippen molar-refractivity contribution in [3.8, 4) is 0 Å². The molecule has 5 aliphatic heterocycles. The van der Waals surface area contributed by atoms with Crippen LogP contribution in [0.4, 0.5) is 0 Å². The van der Waals surface area contributed by atoms with E-state index in [4.69, 9.17) is 0 Å². The predicted molar refractivity (Wildman–Crippen MR) is 203 cm³/mol. The van der Waals surface area contributed by atoms with Crippen LogP contribution in [0.3, 0.4) is 0 Å². The van der Waals surface area contributed by atoms with E-state index in [0.29, 0.717) is 0 Å². The molecule has 4 aromatic carbocycles. The Balaban J connectivity index is 0.00000455. The molecule has 283 valence electrons. The van der Waals surface area contributed by atoms with E-state index in [1.54, 1.807) is 0 Å². The Hall–Kier alpha value is -5.48. The second-order valence-corrected chi connectivity index (χ2v) is 17.9. The van der Waals surface area contributed by atoms with Gasteiger partial charge in [0.2, 0.25) is 0 Å². The second-order valence-electron chi connectivity index (χ2n) is 12.2. The van der Waals surface area contributed by atoms with Crippen molar-refractivity contribution in [1.29, 1.82) is 0 Å². The largest absolute Gasteiger partial charge is 0.294 e. The molecule has 4 aromatic rings. The minimum absolute atomic E-state index is 0. The van der Waals surface area contributed by atoms with Gasteiger partial charge in [-0.3, -0.25) is 18.2 Å². The number of fused-ring (bicyclic) bond motifs is 16. The Morgan fingerprint density at radius 3 is 0.596 bits per heavy atom. The Bertz CT molecular complexity index is 3130. The van der Waals surface area contributed by atoms with E-state index in [9.17, 15) is 51.9 Å². The normalized spacial score (nSPS) is 16.6. The fourth-order valence-corrected chi connectivity index (χ4v) is 8.25. The van der Waals surface area contributed by atoms with Crippen molar-refractivity contribution < 1.29 is 51.9 Å². The van der Waals surface area contributed by atoms with E-state index in [2.05, 4.69) is 39.9 Å². The standard InChI is InChI=1S/C32H16N8O12S4.Ga/c41-53(42,43)13-1-5-17-21(9-13)29-35-25(17)33-26-18-6-2-14(54(44,45)46)10-22(18)31(36-26)40-32-24-12-16(56(50,51)52)4-8-20(24)28(38-32)34-27-19-7-3-15(55(47,48)49)11-23(19)30(37-27)39-29;/h1-12H,(H,41,42,43)(H,44,45,46)(H,47,48,49)(H,50,51,52);/i;1-3. The smallest absolute Gasteiger partial charge is 0.282 e. The molecule has 0 aliphatic carbocycles. The molecule has 25 heteroatoms. The Labute approximate surface area is 333 Å². The molecular formula is C32H16GaN8O12S4. The topological polar surface area (TPSA) is 316 Å². The zero-order valence-electron chi connectivity index (χ0n) is 27.8. The first-order valence-electron chi connectivity index (χ1n) is 15.4. The summed E-state index contributed by atoms with van der Waals surface area (Å²) in [6.45, 7) is 0. The number of benzene rings is 4. The van der Waals surface area contributed by atoms with Gasteiger partial charge in [0.1, 0.15) is 0 Å². The molecule has 5 aliphatic rings. The maximum Gasteiger partial charge on any atom is 0.294 e. The summed E-state index contributed by atoms with van der Waals surface area (Å²) in [6, 6.07) is 13.7. The van der Waals surface area contributed by atoms with Crippen LogP contribution in [0.5, 0.6) is 0 Å². The Morgan fingerprint density at radius 1 is 0.281 bits per heavy atom. The molecule has 0 saturated carbocycles. The van der Waals surface area contributed by atoms with E-state index in [1.807, 2.05) is 0 Å². The van der Waals surface area contributed by atoms with Gasteiger partial charge in [-0.15, -0.1) is 0 Å². The zero-order chi connectivity index (χ0) is 39.7. The molecule has 0 fully saturated rings. The maximum atomic E-state index is 12.2. The number of aliphatic imine (C=N–C) groups is 8. The van der Waals surface area contributed by atoms with Crippen molar-refractivity contribution in [2.24, 2.45) is 39.9 Å². The zero-order valence-corrected chi connectivity index (χ0v) is 33.5. The molecule has 5 heterocycles. The van der Waals surface area contributed by atoms with Crippen LogP contribution < -0.4 is 0 Å². The molecule has 0 saturated heterocycles. The minimum atomic E-state index is -4.75. The van der Waals surface area contributed by atoms with Crippen LogP contribution in [0.25, 0.3) is 0 Å². The van der Waals surface area contributed by atoms with Gasteiger partial charge in [-0.2, -0.15) is 33.7 Å². The van der Waals surface area contributed by atoms with Crippen molar-refractivity contribution in [2.45, 2.75) is 19.6 Å². The molecule has 9 rings (SSSR count). The van der Waals surface area contributed by atoms with Crippen molar-refractivity contribution in [3.63, 3.8) is 0 Å². The van der Waals surface area contributed by atoms with Gasteiger partial charge in [-0.1, -0.05) is 0 Å². The SMILES string of the molecule is O=S(=O)(O)c1ccc2c(c1)C1=NC2=NC2=NC(=NC3=NC(=NC4=NC(=N1)c1cc(S(=O)(=O)O)ccc14)c1ccc(S(=O)(=O)O)cc13)c1cc(S(=O)(=O)O)ccc12.[67Ga]. The summed E-state index contributed by atoms with van der Waals surface area (Å²) in [5.74, 6) is -1.33. The fourth-order valence-electron chi connectivity index (χ4n) is 6.22. The summed E-state index contributed by atoms with van der Waals surface area (Å²) in [4.78, 5) is 34.1. The van der Waals surface area contributed by atoms with E-state index < -0.39 is 60.1 Å². The summed E-state index contributed by atoms with van der Waals surface area (Å²) < 4.78 is 137. The third-order valence-electron chi connectivity index (χ3n) is 8.78. The van der Waals surface area contributed by atoms with Gasteiger partial charge < -0.3 is 0 Å². The molecule has 0 unspecified atom stereocenters. The van der Waals surface area contributed by atoms with E-state index >= 15 is 0 Å². The number of nitrogens with zero attached hydrogens (tertiary/aromatic N) is 8. The Morgan fingerprint density at radius 2 is 0.439 bits per heavy atom. The van der Waals surface area contributed by atoms with Crippen LogP contribution in [0.1, 0.15) is 44.5 Å². The number of hydrogen-bond acceptors (Lipinski definition) is 16. The van der Waals surface area contributed by atoms with Crippen LogP contribution >= 0.6 is 0 Å². The molecule has 3 radical (unpaired) electrons. The van der Waals surface area contributed by atoms with Gasteiger partial charge in [-0.05, 0) is 72.8 Å². The van der Waals surface area contributed by atoms with Gasteiger partial charge >= 0.3 is 0 Å². The molecule has 0 atom stereocenters. The summed E-state index contributed by atoms with van der Waals surface area (Å²) in [5.41, 5.74) is 0.817. The molecule has 0 aromatic heterocycles. The van der Waals surface area contributed by atoms with E-state index in [0.717, 1.165) is 48.5 Å². The molecule has 57 heavy (non-hydrogen) atoms. The molecule has 20 nitrogen and oxygen atoms in total. The first kappa shape index (κ1) is 38.4. The first-order valence-corrected chi connectivity index (χ1v) is 21.2. The Kier molecular flexibility index (Phi) is 8.60. The fraction of sp³-hybridized carbons (Fsp3) is 0. The van der Waals surface area contributed by atoms with E-state index in [-0.39, 0.29) is 111 Å². The van der Waals surface area contributed by atoms with Gasteiger partial charge in [0.25, 0.3) is 40.5 Å². The quantitative estimate of drug-likeness (QED) is 0.167. The van der Waals surface area contributed by atoms with E-state index in [1.165, 1.54) is 24.3 Å². The average Bonchev–Trinajstić information content (AvgIpc) is 3.84. The van der Waals surface area contributed by atoms with Crippen molar-refractivity contribution in [2.75, 3.05) is 0 Å². The summed E-state index contributed by atoms with van der Waals surface area (Å²) in [5, 5.41) is 0. The number of amidine groups is 8. The number of rotatable bonds is 4. The number of hydrogen-bond donors (Lipinski definition) is 4. The third kappa shape index (κ3) is 6.57. The minimum Gasteiger partial charge on any atom is -0.282 e. The van der Waals surface area contributed by atoms with Crippen LogP contribution in [0.15, 0.2) is 132 Å². The molecule has 4 N–H and O–H groups in total. The maximum absolute atomic E-state index is 12.2. The molecular weight excluding hydrogens is 884 g/mol. The van der Waals surface area contributed by atoms with Crippen molar-refractivity contribution >= 4 is 107 Å². The van der Waals surface area contributed by atoms with Crippen LogP contribution in [-0.2, 0) is 40.5 Å². The monoisotopic (exact) mass is 899 g/mol. The average molecular weight is 900 g/mol. The van der Waals surface area contributed by atoms with Gasteiger partial charge in [0.15, 0.2) is 46.7 Å². The summed E-state index contributed by atoms with van der Waals surface area (Å²) in [6.07, 6.45) is 0. The second kappa shape index (κ2) is 12.8. The van der Waals surface area contributed by atoms with Gasteiger partial charge in [0, 0.05) is 64.3 Å². The van der Waals surface area contributed by atoms with Crippen LogP contribution in [0.2, 0.25) is 0 Å². The molecule has 0 amide bonds. The van der Waals surface area contributed by atoms with Crippen LogP contribution in [-0.4, -0.2) is 118 Å². The molecule has 0 spiro atoms.